The normalized spacial score (nSPS) is 31.2. The lowest BCUT2D eigenvalue weighted by Gasteiger charge is -2.12. The van der Waals surface area contributed by atoms with Gasteiger partial charge in [0.05, 0.1) is 0 Å². The molecule has 0 radical (unpaired) electrons. The maximum atomic E-state index is 11.9. The summed E-state index contributed by atoms with van der Waals surface area (Å²) in [6.07, 6.45) is 3.66. The zero-order valence-corrected chi connectivity index (χ0v) is 10.3. The second kappa shape index (κ2) is 3.88. The predicted octanol–water partition coefficient (Wildman–Crippen LogP) is 2.72. The van der Waals surface area contributed by atoms with E-state index >= 15 is 0 Å². The molecule has 1 N–H and O–H groups in total. The number of nitrogens with one attached hydrogen (secondary N) is 1. The third-order valence-electron chi connectivity index (χ3n) is 4.03. The van der Waals surface area contributed by atoms with Crippen molar-refractivity contribution in [2.24, 2.45) is 17.8 Å². The number of aryl methyl sites for hydroxylation is 1. The topological polar surface area (TPSA) is 29.1 Å². The second-order valence-corrected chi connectivity index (χ2v) is 5.97. The van der Waals surface area contributed by atoms with Gasteiger partial charge in [0, 0.05) is 12.5 Å². The molecule has 2 nitrogen and oxygen atoms in total. The molecule has 1 heterocycles. The van der Waals surface area contributed by atoms with Gasteiger partial charge in [0.2, 0.25) is 5.91 Å². The van der Waals surface area contributed by atoms with E-state index < -0.39 is 0 Å². The van der Waals surface area contributed by atoms with E-state index in [-0.39, 0.29) is 5.91 Å². The van der Waals surface area contributed by atoms with Crippen LogP contribution in [0.15, 0.2) is 10.8 Å². The van der Waals surface area contributed by atoms with Gasteiger partial charge in [-0.05, 0) is 59.9 Å². The molecular formula is C13H17NOS. The fourth-order valence-electron chi connectivity index (χ4n) is 2.82. The summed E-state index contributed by atoms with van der Waals surface area (Å²) in [4.78, 5) is 11.9. The van der Waals surface area contributed by atoms with Crippen molar-refractivity contribution in [3.63, 3.8) is 0 Å². The van der Waals surface area contributed by atoms with E-state index in [4.69, 9.17) is 0 Å². The van der Waals surface area contributed by atoms with Gasteiger partial charge in [-0.25, -0.2) is 0 Å². The number of carbonyl (C=O) groups is 1. The molecule has 2 aliphatic rings. The summed E-state index contributed by atoms with van der Waals surface area (Å²) < 4.78 is 0. The molecule has 0 aromatic carbocycles. The van der Waals surface area contributed by atoms with Crippen LogP contribution >= 0.6 is 11.3 Å². The van der Waals surface area contributed by atoms with Crippen LogP contribution in [-0.4, -0.2) is 5.91 Å². The summed E-state index contributed by atoms with van der Waals surface area (Å²) in [7, 11) is 0. The summed E-state index contributed by atoms with van der Waals surface area (Å²) in [5.74, 6) is 2.36. The molecule has 1 aromatic rings. The minimum atomic E-state index is 0.276. The van der Waals surface area contributed by atoms with Gasteiger partial charge in [-0.1, -0.05) is 0 Å². The van der Waals surface area contributed by atoms with E-state index in [1.165, 1.54) is 17.5 Å². The molecule has 3 heteroatoms. The monoisotopic (exact) mass is 235 g/mol. The Morgan fingerprint density at radius 1 is 1.38 bits per heavy atom. The van der Waals surface area contributed by atoms with E-state index in [2.05, 4.69) is 23.0 Å². The van der Waals surface area contributed by atoms with Crippen LogP contribution in [0.3, 0.4) is 0 Å². The molecule has 0 saturated heterocycles. The molecular weight excluding hydrogens is 218 g/mol. The fraction of sp³-hybridized carbons (Fsp3) is 0.615. The Hall–Kier alpha value is -0.830. The molecule has 0 spiro atoms. The maximum Gasteiger partial charge on any atom is 0.223 e. The van der Waals surface area contributed by atoms with Crippen molar-refractivity contribution in [3.8, 4) is 0 Å². The Kier molecular flexibility index (Phi) is 2.51. The minimum Gasteiger partial charge on any atom is -0.352 e. The summed E-state index contributed by atoms with van der Waals surface area (Å²) in [5.41, 5.74) is 2.56. The van der Waals surface area contributed by atoms with Gasteiger partial charge in [-0.3, -0.25) is 4.79 Å². The number of amides is 1. The lowest BCUT2D eigenvalue weighted by Crippen LogP contribution is -2.29. The average molecular weight is 235 g/mol. The largest absolute Gasteiger partial charge is 0.352 e. The molecule has 3 rings (SSSR count). The lowest BCUT2D eigenvalue weighted by molar-refractivity contribution is -0.125. The average Bonchev–Trinajstić information content (AvgIpc) is 2.71. The number of fused-ring (bicyclic) bond motifs is 1. The van der Waals surface area contributed by atoms with Crippen LogP contribution in [0.25, 0.3) is 0 Å². The highest BCUT2D eigenvalue weighted by atomic mass is 32.1. The van der Waals surface area contributed by atoms with Gasteiger partial charge in [-0.2, -0.15) is 11.3 Å². The van der Waals surface area contributed by atoms with Gasteiger partial charge in [0.15, 0.2) is 0 Å². The van der Waals surface area contributed by atoms with Crippen LogP contribution in [-0.2, 0) is 11.3 Å². The molecule has 1 amide bonds. The van der Waals surface area contributed by atoms with Crippen molar-refractivity contribution in [1.82, 2.24) is 5.32 Å². The Balaban J connectivity index is 1.51. The molecule has 1 aromatic heterocycles. The summed E-state index contributed by atoms with van der Waals surface area (Å²) in [6.45, 7) is 2.81. The van der Waals surface area contributed by atoms with E-state index in [0.717, 1.165) is 24.7 Å². The zero-order valence-electron chi connectivity index (χ0n) is 9.53. The Labute approximate surface area is 100 Å². The molecule has 16 heavy (non-hydrogen) atoms. The Morgan fingerprint density at radius 2 is 2.12 bits per heavy atom. The first-order valence-electron chi connectivity index (χ1n) is 6.03. The third kappa shape index (κ3) is 1.88. The lowest BCUT2D eigenvalue weighted by atomic mass is 10.0. The standard InChI is InChI=1S/C13H17NOS/c1-8-6-16-7-12(8)5-14-13(15)11-3-9-2-10(9)4-11/h6-7,9-11H,2-5H2,1H3,(H,14,15). The Morgan fingerprint density at radius 3 is 2.75 bits per heavy atom. The van der Waals surface area contributed by atoms with Crippen molar-refractivity contribution >= 4 is 17.2 Å². The van der Waals surface area contributed by atoms with Gasteiger partial charge in [0.1, 0.15) is 0 Å². The van der Waals surface area contributed by atoms with E-state index in [9.17, 15) is 4.79 Å². The molecule has 0 bridgehead atoms. The SMILES string of the molecule is Cc1cscc1CNC(=O)C1CC2CC2C1. The number of carbonyl (C=O) groups excluding carboxylic acids is 1. The molecule has 2 unspecified atom stereocenters. The summed E-state index contributed by atoms with van der Waals surface area (Å²) in [6, 6.07) is 0. The fourth-order valence-corrected chi connectivity index (χ4v) is 3.68. The first kappa shape index (κ1) is 10.3. The predicted molar refractivity (Wildman–Crippen MR) is 65.2 cm³/mol. The summed E-state index contributed by atoms with van der Waals surface area (Å²) in [5, 5.41) is 7.33. The van der Waals surface area contributed by atoms with Gasteiger partial charge < -0.3 is 5.32 Å². The smallest absolute Gasteiger partial charge is 0.223 e. The van der Waals surface area contributed by atoms with Crippen molar-refractivity contribution in [3.05, 3.63) is 21.9 Å². The molecule has 0 aliphatic heterocycles. The molecule has 86 valence electrons. The molecule has 2 aliphatic carbocycles. The Bertz CT molecular complexity index is 402. The third-order valence-corrected chi connectivity index (χ3v) is 4.94. The van der Waals surface area contributed by atoms with Crippen LogP contribution in [0.2, 0.25) is 0 Å². The van der Waals surface area contributed by atoms with Crippen molar-refractivity contribution in [1.29, 1.82) is 0 Å². The van der Waals surface area contributed by atoms with E-state index in [1.54, 1.807) is 11.3 Å². The van der Waals surface area contributed by atoms with Crippen molar-refractivity contribution < 1.29 is 4.79 Å². The van der Waals surface area contributed by atoms with E-state index in [1.807, 2.05) is 0 Å². The highest BCUT2D eigenvalue weighted by Gasteiger charge is 2.47. The minimum absolute atomic E-state index is 0.276. The van der Waals surface area contributed by atoms with Crippen molar-refractivity contribution in [2.75, 3.05) is 0 Å². The number of hydrogen-bond acceptors (Lipinski definition) is 2. The zero-order chi connectivity index (χ0) is 11.1. The van der Waals surface area contributed by atoms with Crippen LogP contribution in [0.4, 0.5) is 0 Å². The van der Waals surface area contributed by atoms with E-state index in [0.29, 0.717) is 12.5 Å². The van der Waals surface area contributed by atoms with Crippen LogP contribution in [0, 0.1) is 24.7 Å². The van der Waals surface area contributed by atoms with Gasteiger partial charge in [0.25, 0.3) is 0 Å². The van der Waals surface area contributed by atoms with Gasteiger partial charge >= 0.3 is 0 Å². The number of rotatable bonds is 3. The summed E-state index contributed by atoms with van der Waals surface area (Å²) >= 11 is 1.71. The quantitative estimate of drug-likeness (QED) is 0.857. The first-order valence-corrected chi connectivity index (χ1v) is 6.97. The first-order chi connectivity index (χ1) is 7.74. The maximum absolute atomic E-state index is 11.9. The molecule has 2 saturated carbocycles. The van der Waals surface area contributed by atoms with Gasteiger partial charge in [-0.15, -0.1) is 0 Å². The van der Waals surface area contributed by atoms with Crippen LogP contribution in [0.5, 0.6) is 0 Å². The highest BCUT2D eigenvalue weighted by molar-refractivity contribution is 7.08. The highest BCUT2D eigenvalue weighted by Crippen LogP contribution is 2.54. The molecule has 2 fully saturated rings. The van der Waals surface area contributed by atoms with Crippen molar-refractivity contribution in [2.45, 2.75) is 32.7 Å². The number of hydrogen-bond donors (Lipinski definition) is 1. The number of thiophene rings is 1. The molecule has 2 atom stereocenters. The van der Waals surface area contributed by atoms with Crippen LogP contribution < -0.4 is 5.32 Å². The second-order valence-electron chi connectivity index (χ2n) is 5.22. The van der Waals surface area contributed by atoms with Crippen LogP contribution in [0.1, 0.15) is 30.4 Å².